The van der Waals surface area contributed by atoms with E-state index in [9.17, 15) is 0 Å². The first kappa shape index (κ1) is 13.9. The van der Waals surface area contributed by atoms with E-state index >= 15 is 0 Å². The molecule has 1 heterocycles. The Morgan fingerprint density at radius 3 is 3.05 bits per heavy atom. The topological polar surface area (TPSA) is 59.6 Å². The summed E-state index contributed by atoms with van der Waals surface area (Å²) in [7, 11) is 0. The van der Waals surface area contributed by atoms with E-state index in [4.69, 9.17) is 10.5 Å². The van der Waals surface area contributed by atoms with E-state index < -0.39 is 0 Å². The Morgan fingerprint density at radius 1 is 1.45 bits per heavy atom. The first-order valence-electron chi connectivity index (χ1n) is 7.16. The lowest BCUT2D eigenvalue weighted by Gasteiger charge is -2.09. The largest absolute Gasteiger partial charge is 0.376 e. The van der Waals surface area contributed by atoms with Crippen molar-refractivity contribution in [3.05, 3.63) is 34.3 Å². The highest BCUT2D eigenvalue weighted by Crippen LogP contribution is 2.43. The number of nitrogens with one attached hydrogen (secondary N) is 1. The maximum absolute atomic E-state index is 5.94. The molecule has 1 unspecified atom stereocenters. The zero-order valence-corrected chi connectivity index (χ0v) is 13.0. The van der Waals surface area contributed by atoms with Gasteiger partial charge < -0.3 is 15.8 Å². The summed E-state index contributed by atoms with van der Waals surface area (Å²) in [6.45, 7) is 1.53. The van der Waals surface area contributed by atoms with Crippen LogP contribution in [-0.2, 0) is 4.74 Å². The molecule has 0 amide bonds. The predicted molar refractivity (Wildman–Crippen MR) is 83.9 cm³/mol. The molecular weight excluding hydrogens is 318 g/mol. The number of benzene rings is 1. The molecule has 1 aliphatic heterocycles. The van der Waals surface area contributed by atoms with Crippen LogP contribution in [0.2, 0.25) is 0 Å². The van der Waals surface area contributed by atoms with Crippen LogP contribution in [0.3, 0.4) is 0 Å². The zero-order valence-electron chi connectivity index (χ0n) is 11.4. The van der Waals surface area contributed by atoms with Crippen molar-refractivity contribution in [3.8, 4) is 0 Å². The highest BCUT2D eigenvalue weighted by molar-refractivity contribution is 9.10. The van der Waals surface area contributed by atoms with Gasteiger partial charge in [-0.05, 0) is 30.9 Å². The summed E-state index contributed by atoms with van der Waals surface area (Å²) in [6, 6.07) is 8.76. The third-order valence-electron chi connectivity index (χ3n) is 3.92. The minimum atomic E-state index is 0.258. The summed E-state index contributed by atoms with van der Waals surface area (Å²) in [4.78, 5) is 4.38. The average molecular weight is 338 g/mol. The molecule has 0 spiro atoms. The number of rotatable bonds is 4. The van der Waals surface area contributed by atoms with Crippen LogP contribution >= 0.6 is 15.9 Å². The lowest BCUT2D eigenvalue weighted by Crippen LogP contribution is -2.35. The van der Waals surface area contributed by atoms with E-state index in [2.05, 4.69) is 44.4 Å². The van der Waals surface area contributed by atoms with Gasteiger partial charge in [0.2, 0.25) is 0 Å². The first-order chi connectivity index (χ1) is 9.74. The van der Waals surface area contributed by atoms with Gasteiger partial charge in [-0.15, -0.1) is 0 Å². The van der Waals surface area contributed by atoms with Gasteiger partial charge in [0, 0.05) is 23.0 Å². The molecule has 3 rings (SSSR count). The van der Waals surface area contributed by atoms with E-state index in [-0.39, 0.29) is 6.10 Å². The van der Waals surface area contributed by atoms with Crippen LogP contribution in [-0.4, -0.2) is 31.3 Å². The molecule has 4 nitrogen and oxygen atoms in total. The average Bonchev–Trinajstić information content (AvgIpc) is 2.99. The Balaban J connectivity index is 1.50. The van der Waals surface area contributed by atoms with Gasteiger partial charge in [0.1, 0.15) is 0 Å². The van der Waals surface area contributed by atoms with Crippen LogP contribution in [0, 0.1) is 0 Å². The van der Waals surface area contributed by atoms with Crippen LogP contribution in [0.25, 0.3) is 0 Å². The van der Waals surface area contributed by atoms with Gasteiger partial charge in [0.15, 0.2) is 5.96 Å². The molecule has 0 aromatic heterocycles. The molecule has 1 aromatic carbocycles. The second kappa shape index (κ2) is 6.14. The maximum atomic E-state index is 5.94. The lowest BCUT2D eigenvalue weighted by molar-refractivity contribution is 0.118. The van der Waals surface area contributed by atoms with Crippen molar-refractivity contribution < 1.29 is 4.74 Å². The van der Waals surface area contributed by atoms with Crippen LogP contribution in [0.4, 0.5) is 0 Å². The van der Waals surface area contributed by atoms with E-state index in [0.29, 0.717) is 24.5 Å². The standard InChI is InChI=1S/C15H20BrN3O/c16-13-6-2-1-5-11(13)12-8-14(12)19-15(17)18-9-10-4-3-7-20-10/h1-2,5-6,10,12,14H,3-4,7-9H2,(H3,17,18,19)/t10?,12-,14+/m0/s1. The molecule has 2 aliphatic rings. The summed E-state index contributed by atoms with van der Waals surface area (Å²) >= 11 is 3.60. The fourth-order valence-corrected chi connectivity index (χ4v) is 3.28. The molecule has 0 bridgehead atoms. The molecule has 1 aliphatic carbocycles. The second-order valence-electron chi connectivity index (χ2n) is 5.48. The summed E-state index contributed by atoms with van der Waals surface area (Å²) in [5.41, 5.74) is 7.29. The van der Waals surface area contributed by atoms with Gasteiger partial charge in [0.05, 0.1) is 12.6 Å². The Morgan fingerprint density at radius 2 is 2.30 bits per heavy atom. The molecular formula is C15H20BrN3O. The minimum Gasteiger partial charge on any atom is -0.376 e. The van der Waals surface area contributed by atoms with Crippen LogP contribution in [0.1, 0.15) is 30.7 Å². The molecule has 1 saturated heterocycles. The van der Waals surface area contributed by atoms with Crippen molar-refractivity contribution in [1.82, 2.24) is 5.32 Å². The second-order valence-corrected chi connectivity index (χ2v) is 6.33. The Labute approximate surface area is 127 Å². The van der Waals surface area contributed by atoms with Crippen molar-refractivity contribution >= 4 is 21.9 Å². The highest BCUT2D eigenvalue weighted by Gasteiger charge is 2.39. The van der Waals surface area contributed by atoms with Crippen molar-refractivity contribution in [2.75, 3.05) is 13.2 Å². The fraction of sp³-hybridized carbons (Fsp3) is 0.533. The third-order valence-corrected chi connectivity index (χ3v) is 4.64. The first-order valence-corrected chi connectivity index (χ1v) is 7.96. The zero-order chi connectivity index (χ0) is 13.9. The van der Waals surface area contributed by atoms with Crippen molar-refractivity contribution in [3.63, 3.8) is 0 Å². The molecule has 2 fully saturated rings. The minimum absolute atomic E-state index is 0.258. The fourth-order valence-electron chi connectivity index (χ4n) is 2.70. The van der Waals surface area contributed by atoms with Gasteiger partial charge in [-0.3, -0.25) is 4.99 Å². The number of guanidine groups is 1. The molecule has 1 saturated carbocycles. The molecule has 0 radical (unpaired) electrons. The number of hydrogen-bond acceptors (Lipinski definition) is 2. The number of nitrogens with two attached hydrogens (primary N) is 1. The monoisotopic (exact) mass is 337 g/mol. The molecule has 108 valence electrons. The van der Waals surface area contributed by atoms with E-state index in [0.717, 1.165) is 25.9 Å². The quantitative estimate of drug-likeness (QED) is 0.655. The number of halogens is 1. The van der Waals surface area contributed by atoms with E-state index in [1.807, 2.05) is 6.07 Å². The summed E-state index contributed by atoms with van der Waals surface area (Å²) in [6.07, 6.45) is 3.60. The Hall–Kier alpha value is -1.07. The Bertz CT molecular complexity index is 500. The van der Waals surface area contributed by atoms with E-state index in [1.165, 1.54) is 10.0 Å². The van der Waals surface area contributed by atoms with Gasteiger partial charge in [0.25, 0.3) is 0 Å². The van der Waals surface area contributed by atoms with Crippen LogP contribution < -0.4 is 11.1 Å². The number of hydrogen-bond donors (Lipinski definition) is 2. The Kier molecular flexibility index (Phi) is 4.27. The number of ether oxygens (including phenoxy) is 1. The molecule has 20 heavy (non-hydrogen) atoms. The van der Waals surface area contributed by atoms with Gasteiger partial charge >= 0.3 is 0 Å². The smallest absolute Gasteiger partial charge is 0.188 e. The van der Waals surface area contributed by atoms with Crippen molar-refractivity contribution in [1.29, 1.82) is 0 Å². The predicted octanol–water partition coefficient (Wildman–Crippen LogP) is 2.39. The third kappa shape index (κ3) is 3.33. The van der Waals surface area contributed by atoms with Gasteiger partial charge in [-0.1, -0.05) is 34.1 Å². The van der Waals surface area contributed by atoms with Crippen molar-refractivity contribution in [2.45, 2.75) is 37.3 Å². The SMILES string of the molecule is NC(=NCC1CCCO1)N[C@@H]1C[C@H]1c1ccccc1Br. The van der Waals surface area contributed by atoms with Gasteiger partial charge in [-0.2, -0.15) is 0 Å². The van der Waals surface area contributed by atoms with Crippen LogP contribution in [0.15, 0.2) is 33.7 Å². The van der Waals surface area contributed by atoms with Crippen LogP contribution in [0.5, 0.6) is 0 Å². The number of aliphatic imine (C=N–C) groups is 1. The molecule has 1 aromatic rings. The number of nitrogens with zero attached hydrogens (tertiary/aromatic N) is 1. The molecule has 3 atom stereocenters. The highest BCUT2D eigenvalue weighted by atomic mass is 79.9. The van der Waals surface area contributed by atoms with E-state index in [1.54, 1.807) is 0 Å². The summed E-state index contributed by atoms with van der Waals surface area (Å²) in [5.74, 6) is 1.07. The molecule has 3 N–H and O–H groups in total. The molecule has 5 heteroatoms. The summed E-state index contributed by atoms with van der Waals surface area (Å²) < 4.78 is 6.70. The normalized spacial score (nSPS) is 29.4. The van der Waals surface area contributed by atoms with Crippen molar-refractivity contribution in [2.24, 2.45) is 10.7 Å². The van der Waals surface area contributed by atoms with Gasteiger partial charge in [-0.25, -0.2) is 0 Å². The maximum Gasteiger partial charge on any atom is 0.188 e. The lowest BCUT2D eigenvalue weighted by atomic mass is 10.1. The summed E-state index contributed by atoms with van der Waals surface area (Å²) in [5, 5.41) is 3.30.